The average molecular weight is 575 g/mol. The molecule has 0 spiro atoms. The van der Waals surface area contributed by atoms with Crippen LogP contribution in [0.5, 0.6) is 0 Å². The summed E-state index contributed by atoms with van der Waals surface area (Å²) in [6, 6.07) is 7.79. The summed E-state index contributed by atoms with van der Waals surface area (Å²) in [5.41, 5.74) is -0.117. The number of amides is 2. The SMILES string of the molecule is CCOC(=O)C1=C(COC(=O)c2cc3c(C)nn(-c4cccc(C(F)(F)F)c4)c3s2)NC(=O)NC1c1ccco1. The predicted molar refractivity (Wildman–Crippen MR) is 136 cm³/mol. The van der Waals surface area contributed by atoms with E-state index in [1.807, 2.05) is 0 Å². The average Bonchev–Trinajstić information content (AvgIpc) is 3.65. The fourth-order valence-electron chi connectivity index (χ4n) is 4.20. The van der Waals surface area contributed by atoms with E-state index in [2.05, 4.69) is 15.7 Å². The van der Waals surface area contributed by atoms with Crippen LogP contribution in [0.3, 0.4) is 0 Å². The maximum absolute atomic E-state index is 13.2. The second-order valence-corrected chi connectivity index (χ2v) is 9.64. The van der Waals surface area contributed by atoms with Crippen molar-refractivity contribution in [2.24, 2.45) is 0 Å². The Morgan fingerprint density at radius 3 is 2.65 bits per heavy atom. The molecular weight excluding hydrogens is 553 g/mol. The molecule has 3 aromatic heterocycles. The predicted octanol–water partition coefficient (Wildman–Crippen LogP) is 5.04. The highest BCUT2D eigenvalue weighted by atomic mass is 32.1. The molecule has 40 heavy (non-hydrogen) atoms. The minimum absolute atomic E-state index is 0.0107. The number of carbonyl (C=O) groups is 3. The van der Waals surface area contributed by atoms with Crippen molar-refractivity contribution in [3.05, 3.63) is 81.9 Å². The molecular formula is C26H21F3N4O6S. The Morgan fingerprint density at radius 2 is 1.95 bits per heavy atom. The van der Waals surface area contributed by atoms with Gasteiger partial charge in [-0.1, -0.05) is 6.07 Å². The fraction of sp³-hybridized carbons (Fsp3) is 0.231. The molecule has 0 bridgehead atoms. The molecule has 0 saturated heterocycles. The zero-order valence-electron chi connectivity index (χ0n) is 21.0. The topological polar surface area (TPSA) is 125 Å². The highest BCUT2D eigenvalue weighted by Crippen LogP contribution is 2.34. The Morgan fingerprint density at radius 1 is 1.15 bits per heavy atom. The van der Waals surface area contributed by atoms with Crippen molar-refractivity contribution in [2.45, 2.75) is 26.1 Å². The maximum Gasteiger partial charge on any atom is 0.416 e. The van der Waals surface area contributed by atoms with Gasteiger partial charge in [-0.25, -0.2) is 19.1 Å². The van der Waals surface area contributed by atoms with E-state index in [-0.39, 0.29) is 34.2 Å². The van der Waals surface area contributed by atoms with Crippen LogP contribution in [0.1, 0.15) is 39.7 Å². The van der Waals surface area contributed by atoms with Gasteiger partial charge >= 0.3 is 24.1 Å². The quantitative estimate of drug-likeness (QED) is 0.297. The van der Waals surface area contributed by atoms with Gasteiger partial charge in [0.2, 0.25) is 0 Å². The first-order valence-corrected chi connectivity index (χ1v) is 12.7. The van der Waals surface area contributed by atoms with Crippen LogP contribution >= 0.6 is 11.3 Å². The Labute approximate surface area is 228 Å². The molecule has 4 aromatic rings. The van der Waals surface area contributed by atoms with Crippen molar-refractivity contribution >= 4 is 39.5 Å². The lowest BCUT2D eigenvalue weighted by Gasteiger charge is -2.27. The zero-order chi connectivity index (χ0) is 28.6. The smallest absolute Gasteiger partial charge is 0.416 e. The number of fused-ring (bicyclic) bond motifs is 1. The van der Waals surface area contributed by atoms with E-state index in [0.29, 0.717) is 15.9 Å². The molecule has 2 amide bonds. The zero-order valence-corrected chi connectivity index (χ0v) is 21.8. The first-order valence-electron chi connectivity index (χ1n) is 11.9. The number of alkyl halides is 3. The number of furan rings is 1. The summed E-state index contributed by atoms with van der Waals surface area (Å²) in [7, 11) is 0. The second-order valence-electron chi connectivity index (χ2n) is 8.61. The van der Waals surface area contributed by atoms with Crippen molar-refractivity contribution in [1.82, 2.24) is 20.4 Å². The number of ether oxygens (including phenoxy) is 2. The number of hydrogen-bond donors (Lipinski definition) is 2. The van der Waals surface area contributed by atoms with E-state index < -0.39 is 42.4 Å². The Kier molecular flexibility index (Phi) is 7.10. The van der Waals surface area contributed by atoms with E-state index in [1.54, 1.807) is 26.0 Å². The van der Waals surface area contributed by atoms with E-state index in [9.17, 15) is 27.6 Å². The third-order valence-electron chi connectivity index (χ3n) is 5.99. The van der Waals surface area contributed by atoms with Gasteiger partial charge in [0.1, 0.15) is 28.1 Å². The lowest BCUT2D eigenvalue weighted by Crippen LogP contribution is -2.47. The van der Waals surface area contributed by atoms with Crippen LogP contribution in [0, 0.1) is 6.92 Å². The van der Waals surface area contributed by atoms with Gasteiger partial charge in [0.15, 0.2) is 0 Å². The first-order chi connectivity index (χ1) is 19.1. The van der Waals surface area contributed by atoms with Crippen LogP contribution in [-0.2, 0) is 20.4 Å². The van der Waals surface area contributed by atoms with Crippen LogP contribution in [-0.4, -0.2) is 41.0 Å². The van der Waals surface area contributed by atoms with Gasteiger partial charge in [-0.15, -0.1) is 11.3 Å². The Bertz CT molecular complexity index is 1640. The van der Waals surface area contributed by atoms with E-state index in [1.165, 1.54) is 29.1 Å². The number of hydrogen-bond acceptors (Lipinski definition) is 8. The van der Waals surface area contributed by atoms with Gasteiger partial charge in [0.05, 0.1) is 41.1 Å². The fourth-order valence-corrected chi connectivity index (χ4v) is 5.27. The number of urea groups is 1. The molecule has 1 aromatic carbocycles. The highest BCUT2D eigenvalue weighted by molar-refractivity contribution is 7.20. The van der Waals surface area contributed by atoms with Gasteiger partial charge < -0.3 is 24.5 Å². The van der Waals surface area contributed by atoms with Crippen molar-refractivity contribution in [3.8, 4) is 5.69 Å². The number of carbonyl (C=O) groups excluding carboxylic acids is 3. The summed E-state index contributed by atoms with van der Waals surface area (Å²) in [4.78, 5) is 38.7. The Hall–Kier alpha value is -4.59. The number of aryl methyl sites for hydroxylation is 1. The number of nitrogens with one attached hydrogen (secondary N) is 2. The van der Waals surface area contributed by atoms with Crippen LogP contribution in [0.4, 0.5) is 18.0 Å². The highest BCUT2D eigenvalue weighted by Gasteiger charge is 2.36. The minimum atomic E-state index is -4.53. The Balaban J connectivity index is 1.43. The van der Waals surface area contributed by atoms with Crippen LogP contribution in [0.2, 0.25) is 0 Å². The third kappa shape index (κ3) is 5.17. The number of thiophene rings is 1. The molecule has 1 aliphatic heterocycles. The molecule has 14 heteroatoms. The van der Waals surface area contributed by atoms with E-state index in [0.717, 1.165) is 23.5 Å². The summed E-state index contributed by atoms with van der Waals surface area (Å²) >= 11 is 0.984. The number of nitrogens with zero attached hydrogens (tertiary/aromatic N) is 2. The molecule has 0 radical (unpaired) electrons. The molecule has 0 fully saturated rings. The summed E-state index contributed by atoms with van der Waals surface area (Å²) in [5.74, 6) is -1.23. The number of aromatic nitrogens is 2. The monoisotopic (exact) mass is 574 g/mol. The number of benzene rings is 1. The standard InChI is InChI=1S/C26H21F3N4O6S/c1-3-37-24(35)20-17(30-25(36)31-21(20)18-8-5-9-38-18)12-39-23(34)19-11-16-13(2)32-33(22(16)40-19)15-7-4-6-14(10-15)26(27,28)29/h4-11,21H,3,12H2,1-2H3,(H2,30,31,36). The molecule has 1 atom stereocenters. The summed E-state index contributed by atoms with van der Waals surface area (Å²) < 4.78 is 57.0. The third-order valence-corrected chi connectivity index (χ3v) is 7.08. The molecule has 4 heterocycles. The van der Waals surface area contributed by atoms with Crippen molar-refractivity contribution in [1.29, 1.82) is 0 Å². The van der Waals surface area contributed by atoms with E-state index >= 15 is 0 Å². The largest absolute Gasteiger partial charge is 0.467 e. The van der Waals surface area contributed by atoms with Crippen LogP contribution < -0.4 is 10.6 Å². The molecule has 2 N–H and O–H groups in total. The number of esters is 2. The van der Waals surface area contributed by atoms with Gasteiger partial charge in [-0.2, -0.15) is 18.3 Å². The van der Waals surface area contributed by atoms with Crippen molar-refractivity contribution in [2.75, 3.05) is 13.2 Å². The normalized spacial score (nSPS) is 15.6. The molecule has 10 nitrogen and oxygen atoms in total. The molecule has 5 rings (SSSR count). The second kappa shape index (κ2) is 10.5. The lowest BCUT2D eigenvalue weighted by molar-refractivity contribution is -0.139. The minimum Gasteiger partial charge on any atom is -0.467 e. The van der Waals surface area contributed by atoms with Crippen molar-refractivity contribution in [3.63, 3.8) is 0 Å². The van der Waals surface area contributed by atoms with E-state index in [4.69, 9.17) is 13.9 Å². The summed E-state index contributed by atoms with van der Waals surface area (Å²) in [6.45, 7) is 2.89. The molecule has 0 aliphatic carbocycles. The number of halogens is 3. The van der Waals surface area contributed by atoms with Crippen LogP contribution in [0.25, 0.3) is 15.9 Å². The van der Waals surface area contributed by atoms with Crippen LogP contribution in [0.15, 0.2) is 64.4 Å². The van der Waals surface area contributed by atoms with Gasteiger partial charge in [-0.3, -0.25) is 0 Å². The maximum atomic E-state index is 13.2. The first kappa shape index (κ1) is 27.0. The van der Waals surface area contributed by atoms with Gasteiger partial charge in [0, 0.05) is 5.39 Å². The molecule has 208 valence electrons. The lowest BCUT2D eigenvalue weighted by atomic mass is 10.0. The summed E-state index contributed by atoms with van der Waals surface area (Å²) in [5, 5.41) is 9.98. The van der Waals surface area contributed by atoms with Gasteiger partial charge in [-0.05, 0) is 50.2 Å². The van der Waals surface area contributed by atoms with Gasteiger partial charge in [0.25, 0.3) is 0 Å². The molecule has 0 saturated carbocycles. The van der Waals surface area contributed by atoms with Crippen molar-refractivity contribution < 1.29 is 41.4 Å². The summed E-state index contributed by atoms with van der Waals surface area (Å²) in [6.07, 6.45) is -3.14. The molecule has 1 aliphatic rings. The number of rotatable bonds is 7. The molecule has 1 unspecified atom stereocenters.